The molecule has 0 aromatic heterocycles. The molecule has 3 aliphatic rings. The fourth-order valence-corrected chi connectivity index (χ4v) is 7.73. The molecule has 2 fully saturated rings. The number of hydrogen-bond donors (Lipinski definition) is 3. The van der Waals surface area contributed by atoms with Gasteiger partial charge in [-0.2, -0.15) is 0 Å². The molecule has 2 aliphatic heterocycles. The predicted octanol–water partition coefficient (Wildman–Crippen LogP) is 3.35. The topological polar surface area (TPSA) is 198 Å². The van der Waals surface area contributed by atoms with Crippen molar-refractivity contribution in [1.82, 2.24) is 25.2 Å². The fourth-order valence-electron chi connectivity index (χ4n) is 6.33. The number of sulfonamides is 1. The van der Waals surface area contributed by atoms with Gasteiger partial charge in [0.25, 0.3) is 5.91 Å². The van der Waals surface area contributed by atoms with E-state index in [9.17, 15) is 41.6 Å². The van der Waals surface area contributed by atoms with Gasteiger partial charge in [-0.1, -0.05) is 31.1 Å². The van der Waals surface area contributed by atoms with Gasteiger partial charge in [-0.05, 0) is 78.5 Å². The van der Waals surface area contributed by atoms with E-state index >= 15 is 0 Å². The Balaban J connectivity index is 1.62. The highest BCUT2D eigenvalue weighted by Gasteiger charge is 2.48. The van der Waals surface area contributed by atoms with E-state index in [1.54, 1.807) is 47.6 Å². The summed E-state index contributed by atoms with van der Waals surface area (Å²) in [5.41, 5.74) is -1.08. The third-order valence-corrected chi connectivity index (χ3v) is 10.8. The summed E-state index contributed by atoms with van der Waals surface area (Å²) in [6.45, 7) is 11.0. The van der Waals surface area contributed by atoms with Crippen LogP contribution in [-0.4, -0.2) is 95.0 Å². The first-order valence-electron chi connectivity index (χ1n) is 17.7. The highest BCUT2D eigenvalue weighted by atomic mass is 32.2. The number of carbonyl (C=O) groups is 6. The van der Waals surface area contributed by atoms with Gasteiger partial charge in [0.2, 0.25) is 21.8 Å². The molecular formula is C36H50FN5O10S. The second kappa shape index (κ2) is 16.2. The molecule has 4 rings (SSSR count). The summed E-state index contributed by atoms with van der Waals surface area (Å²) in [6.07, 6.45) is -1.10. The van der Waals surface area contributed by atoms with Gasteiger partial charge in [-0.15, -0.1) is 0 Å². The van der Waals surface area contributed by atoms with Crippen molar-refractivity contribution in [2.75, 3.05) is 6.54 Å². The lowest BCUT2D eigenvalue weighted by atomic mass is 9.94. The van der Waals surface area contributed by atoms with Crippen molar-refractivity contribution in [3.63, 3.8) is 0 Å². The van der Waals surface area contributed by atoms with E-state index in [4.69, 9.17) is 9.47 Å². The zero-order chi connectivity index (χ0) is 39.5. The third-order valence-electron chi connectivity index (χ3n) is 8.99. The van der Waals surface area contributed by atoms with Crippen LogP contribution in [0.4, 0.5) is 14.0 Å². The van der Waals surface area contributed by atoms with Crippen LogP contribution in [0.15, 0.2) is 29.8 Å². The van der Waals surface area contributed by atoms with Crippen molar-refractivity contribution < 1.29 is 51.0 Å². The lowest BCUT2D eigenvalue weighted by Crippen LogP contribution is -2.62. The average Bonchev–Trinajstić information content (AvgIpc) is 3.67. The summed E-state index contributed by atoms with van der Waals surface area (Å²) < 4.78 is 52.9. The maximum absolute atomic E-state index is 14.4. The van der Waals surface area contributed by atoms with Gasteiger partial charge < -0.3 is 25.0 Å². The Bertz CT molecular complexity index is 1770. The molecule has 3 N–H and O–H groups in total. The number of ether oxygens (including phenoxy) is 2. The van der Waals surface area contributed by atoms with Gasteiger partial charge in [0, 0.05) is 24.9 Å². The Morgan fingerprint density at radius 2 is 1.74 bits per heavy atom. The summed E-state index contributed by atoms with van der Waals surface area (Å²) in [5, 5.41) is 4.38. The Hall–Kier alpha value is -4.54. The van der Waals surface area contributed by atoms with Gasteiger partial charge >= 0.3 is 12.2 Å². The van der Waals surface area contributed by atoms with Crippen LogP contribution in [0.3, 0.4) is 0 Å². The summed E-state index contributed by atoms with van der Waals surface area (Å²) >= 11 is 0. The molecule has 1 aliphatic carbocycles. The second-order valence-electron chi connectivity index (χ2n) is 15.3. The molecule has 5 amide bonds. The number of rotatable bonds is 13. The predicted molar refractivity (Wildman–Crippen MR) is 190 cm³/mol. The number of ketones is 1. The third kappa shape index (κ3) is 10.8. The molecule has 1 aromatic rings. The lowest BCUT2D eigenvalue weighted by molar-refractivity contribution is -0.142. The van der Waals surface area contributed by atoms with Crippen molar-refractivity contribution >= 4 is 45.7 Å². The van der Waals surface area contributed by atoms with Crippen LogP contribution in [0.1, 0.15) is 98.1 Å². The largest absolute Gasteiger partial charge is 0.444 e. The molecule has 0 radical (unpaired) electrons. The van der Waals surface area contributed by atoms with E-state index in [1.165, 1.54) is 30.0 Å². The van der Waals surface area contributed by atoms with Crippen LogP contribution in [0.2, 0.25) is 0 Å². The number of nitrogens with one attached hydrogen (secondary N) is 3. The number of likely N-dealkylation sites (tertiary alicyclic amines) is 1. The number of nitrogens with zero attached hydrogens (tertiary/aromatic N) is 2. The van der Waals surface area contributed by atoms with Gasteiger partial charge in [-0.25, -0.2) is 22.4 Å². The molecule has 2 heterocycles. The molecule has 0 bridgehead atoms. The number of benzene rings is 1. The first-order valence-corrected chi connectivity index (χ1v) is 19.2. The Labute approximate surface area is 309 Å². The molecule has 4 atom stereocenters. The van der Waals surface area contributed by atoms with E-state index < -0.39 is 92.5 Å². The van der Waals surface area contributed by atoms with E-state index in [1.807, 2.05) is 0 Å². The quantitative estimate of drug-likeness (QED) is 0.251. The van der Waals surface area contributed by atoms with Crippen LogP contribution in [0.25, 0.3) is 0 Å². The first kappa shape index (κ1) is 41.2. The normalized spacial score (nSPS) is 20.0. The molecule has 1 saturated carbocycles. The molecule has 0 spiro atoms. The summed E-state index contributed by atoms with van der Waals surface area (Å²) in [4.78, 5) is 83.3. The van der Waals surface area contributed by atoms with Crippen LogP contribution >= 0.6 is 0 Å². The maximum atomic E-state index is 14.4. The molecule has 15 nitrogen and oxygen atoms in total. The van der Waals surface area contributed by atoms with Crippen molar-refractivity contribution in [3.05, 3.63) is 46.8 Å². The lowest BCUT2D eigenvalue weighted by Gasteiger charge is -2.33. The number of allylic oxidation sites excluding steroid dienone is 2. The van der Waals surface area contributed by atoms with Gasteiger partial charge in [0.1, 0.15) is 35.1 Å². The zero-order valence-corrected chi connectivity index (χ0v) is 32.1. The number of alkyl carbamates (subject to hydrolysis) is 1. The molecular weight excluding hydrogens is 713 g/mol. The summed E-state index contributed by atoms with van der Waals surface area (Å²) in [5.74, 6) is -3.63. The monoisotopic (exact) mass is 763 g/mol. The van der Waals surface area contributed by atoms with Crippen molar-refractivity contribution in [3.8, 4) is 0 Å². The SMILES string of the molecule is CCC[C@@](C)(NC(=O)[C@@H]1C[C@@H](OC(=O)N2Cc3cccc(F)c3C2)CN1C(=O)[C@H](CC(=O)C=C(C)C)NC(=O)OC(C)(C)C)C(=O)NS(=O)(=O)C1CC1. The van der Waals surface area contributed by atoms with E-state index in [2.05, 4.69) is 15.4 Å². The van der Waals surface area contributed by atoms with Gasteiger partial charge in [0.05, 0.1) is 18.3 Å². The van der Waals surface area contributed by atoms with Crippen LogP contribution < -0.4 is 15.4 Å². The van der Waals surface area contributed by atoms with E-state index in [0.29, 0.717) is 36.0 Å². The summed E-state index contributed by atoms with van der Waals surface area (Å²) in [6, 6.07) is 1.61. The second-order valence-corrected chi connectivity index (χ2v) is 17.3. The number of fused-ring (bicyclic) bond motifs is 1. The van der Waals surface area contributed by atoms with Crippen molar-refractivity contribution in [1.29, 1.82) is 0 Å². The van der Waals surface area contributed by atoms with Crippen molar-refractivity contribution in [2.45, 2.75) is 135 Å². The number of hydrogen-bond acceptors (Lipinski definition) is 10. The Morgan fingerprint density at radius 3 is 2.32 bits per heavy atom. The minimum absolute atomic E-state index is 0.0376. The number of amides is 5. The van der Waals surface area contributed by atoms with Crippen LogP contribution in [0, 0.1) is 5.82 Å². The van der Waals surface area contributed by atoms with Crippen LogP contribution in [-0.2, 0) is 51.8 Å². The van der Waals surface area contributed by atoms with Gasteiger partial charge in [-0.3, -0.25) is 28.8 Å². The Morgan fingerprint density at radius 1 is 1.06 bits per heavy atom. The zero-order valence-electron chi connectivity index (χ0n) is 31.2. The van der Waals surface area contributed by atoms with Crippen molar-refractivity contribution in [2.24, 2.45) is 0 Å². The minimum Gasteiger partial charge on any atom is -0.444 e. The summed E-state index contributed by atoms with van der Waals surface area (Å²) in [7, 11) is -3.97. The highest BCUT2D eigenvalue weighted by Crippen LogP contribution is 2.30. The molecule has 53 heavy (non-hydrogen) atoms. The molecule has 17 heteroatoms. The van der Waals surface area contributed by atoms with Crippen LogP contribution in [0.5, 0.6) is 0 Å². The van der Waals surface area contributed by atoms with E-state index in [-0.39, 0.29) is 32.5 Å². The molecule has 1 aromatic carbocycles. The van der Waals surface area contributed by atoms with Gasteiger partial charge in [0.15, 0.2) is 5.78 Å². The smallest absolute Gasteiger partial charge is 0.410 e. The molecule has 292 valence electrons. The minimum atomic E-state index is -3.97. The highest BCUT2D eigenvalue weighted by molar-refractivity contribution is 7.91. The first-order chi connectivity index (χ1) is 24.6. The number of carbonyl (C=O) groups excluding carboxylic acids is 6. The number of halogens is 1. The maximum Gasteiger partial charge on any atom is 0.410 e. The Kier molecular flexibility index (Phi) is 12.6. The molecule has 1 saturated heterocycles. The van der Waals surface area contributed by atoms with E-state index in [0.717, 1.165) is 4.90 Å². The average molecular weight is 764 g/mol. The fraction of sp³-hybridized carbons (Fsp3) is 0.611. The molecule has 0 unspecified atom stereocenters. The standard InChI is InChI=1S/C36H50FN5O10S/c1-8-14-36(7,32(46)40-53(49,50)25-12-13-25)39-30(44)29-17-24(51-34(48)41-18-22-10-9-11-27(37)26(22)20-41)19-42(29)31(45)28(16-23(43)15-21(2)3)38-33(47)52-35(4,5)6/h9-11,15,24-25,28-29H,8,12-14,16-20H2,1-7H3,(H,38,47)(H,39,44)(H,40,46)/t24-,28+,29+,36-/m1/s1.